The summed E-state index contributed by atoms with van der Waals surface area (Å²) in [5, 5.41) is 0. The molecule has 4 nitrogen and oxygen atoms in total. The summed E-state index contributed by atoms with van der Waals surface area (Å²) >= 11 is 0. The molecule has 0 saturated carbocycles. The van der Waals surface area contributed by atoms with Gasteiger partial charge in [0.2, 0.25) is 0 Å². The lowest BCUT2D eigenvalue weighted by Crippen LogP contribution is -2.41. The van der Waals surface area contributed by atoms with Crippen LogP contribution in [0.15, 0.2) is 18.2 Å². The standard InChI is InChI=1S/C15H24N2O2/c1-11(2)13(9-16)17(3)10-12-4-5-14-15(8-12)19-7-6-18-14/h4-5,8,11,13H,6-7,9-10,16H2,1-3H3. The molecule has 19 heavy (non-hydrogen) atoms. The van der Waals surface area contributed by atoms with Gasteiger partial charge in [-0.1, -0.05) is 19.9 Å². The van der Waals surface area contributed by atoms with E-state index >= 15 is 0 Å². The van der Waals surface area contributed by atoms with Crippen molar-refractivity contribution < 1.29 is 9.47 Å². The van der Waals surface area contributed by atoms with Gasteiger partial charge in [-0.2, -0.15) is 0 Å². The van der Waals surface area contributed by atoms with E-state index in [9.17, 15) is 0 Å². The van der Waals surface area contributed by atoms with E-state index in [-0.39, 0.29) is 0 Å². The third-order valence-electron chi connectivity index (χ3n) is 3.62. The average Bonchev–Trinajstić information content (AvgIpc) is 2.39. The van der Waals surface area contributed by atoms with E-state index in [1.54, 1.807) is 0 Å². The molecule has 1 aromatic rings. The van der Waals surface area contributed by atoms with E-state index in [4.69, 9.17) is 15.2 Å². The van der Waals surface area contributed by atoms with E-state index in [0.29, 0.717) is 31.7 Å². The van der Waals surface area contributed by atoms with Crippen molar-refractivity contribution in [1.82, 2.24) is 4.90 Å². The number of ether oxygens (including phenoxy) is 2. The fourth-order valence-electron chi connectivity index (χ4n) is 2.55. The minimum Gasteiger partial charge on any atom is -0.486 e. The topological polar surface area (TPSA) is 47.7 Å². The minimum absolute atomic E-state index is 0.396. The van der Waals surface area contributed by atoms with E-state index in [1.807, 2.05) is 6.07 Å². The minimum atomic E-state index is 0.396. The lowest BCUT2D eigenvalue weighted by atomic mass is 10.0. The van der Waals surface area contributed by atoms with Gasteiger partial charge in [0.25, 0.3) is 0 Å². The summed E-state index contributed by atoms with van der Waals surface area (Å²) < 4.78 is 11.1. The van der Waals surface area contributed by atoms with Crippen LogP contribution in [-0.2, 0) is 6.54 Å². The summed E-state index contributed by atoms with van der Waals surface area (Å²) in [7, 11) is 2.12. The van der Waals surface area contributed by atoms with E-state index in [1.165, 1.54) is 5.56 Å². The van der Waals surface area contributed by atoms with Crippen molar-refractivity contribution in [2.45, 2.75) is 26.4 Å². The molecule has 4 heteroatoms. The van der Waals surface area contributed by atoms with Gasteiger partial charge in [0, 0.05) is 19.1 Å². The maximum absolute atomic E-state index is 5.85. The Bertz CT molecular complexity index is 421. The van der Waals surface area contributed by atoms with E-state index < -0.39 is 0 Å². The largest absolute Gasteiger partial charge is 0.486 e. The van der Waals surface area contributed by atoms with Crippen LogP contribution < -0.4 is 15.2 Å². The molecule has 0 radical (unpaired) electrons. The molecule has 0 bridgehead atoms. The van der Waals surface area contributed by atoms with Gasteiger partial charge >= 0.3 is 0 Å². The van der Waals surface area contributed by atoms with Crippen molar-refractivity contribution in [3.05, 3.63) is 23.8 Å². The number of hydrogen-bond acceptors (Lipinski definition) is 4. The molecule has 0 spiro atoms. The Hall–Kier alpha value is -1.26. The second kappa shape index (κ2) is 6.26. The highest BCUT2D eigenvalue weighted by Crippen LogP contribution is 2.31. The Kier molecular flexibility index (Phi) is 4.66. The van der Waals surface area contributed by atoms with Gasteiger partial charge in [-0.05, 0) is 30.7 Å². The second-order valence-corrected chi connectivity index (χ2v) is 5.44. The zero-order valence-electron chi connectivity index (χ0n) is 12.1. The molecule has 1 heterocycles. The van der Waals surface area contributed by atoms with Crippen molar-refractivity contribution in [2.75, 3.05) is 26.8 Å². The van der Waals surface area contributed by atoms with Gasteiger partial charge in [-0.15, -0.1) is 0 Å². The molecule has 0 amide bonds. The molecule has 0 aliphatic carbocycles. The van der Waals surface area contributed by atoms with Crippen LogP contribution in [-0.4, -0.2) is 37.7 Å². The van der Waals surface area contributed by atoms with Gasteiger partial charge < -0.3 is 15.2 Å². The summed E-state index contributed by atoms with van der Waals surface area (Å²) in [6.45, 7) is 7.23. The Balaban J connectivity index is 2.06. The first kappa shape index (κ1) is 14.2. The Labute approximate surface area is 115 Å². The van der Waals surface area contributed by atoms with Crippen molar-refractivity contribution in [3.63, 3.8) is 0 Å². The zero-order valence-corrected chi connectivity index (χ0v) is 12.1. The predicted molar refractivity (Wildman–Crippen MR) is 76.6 cm³/mol. The summed E-state index contributed by atoms with van der Waals surface area (Å²) in [5.41, 5.74) is 7.08. The van der Waals surface area contributed by atoms with Gasteiger partial charge in [0.1, 0.15) is 13.2 Å². The molecule has 106 valence electrons. The number of nitrogens with zero attached hydrogens (tertiary/aromatic N) is 1. The highest BCUT2D eigenvalue weighted by atomic mass is 16.6. The summed E-state index contributed by atoms with van der Waals surface area (Å²) in [6.07, 6.45) is 0. The monoisotopic (exact) mass is 264 g/mol. The summed E-state index contributed by atoms with van der Waals surface area (Å²) in [4.78, 5) is 2.30. The van der Waals surface area contributed by atoms with Crippen molar-refractivity contribution in [3.8, 4) is 11.5 Å². The molecule has 2 N–H and O–H groups in total. The highest BCUT2D eigenvalue weighted by Gasteiger charge is 2.18. The molecule has 2 rings (SSSR count). The Morgan fingerprint density at radius 2 is 1.89 bits per heavy atom. The van der Waals surface area contributed by atoms with Gasteiger partial charge in [-0.25, -0.2) is 0 Å². The third kappa shape index (κ3) is 3.39. The first-order valence-electron chi connectivity index (χ1n) is 6.90. The third-order valence-corrected chi connectivity index (χ3v) is 3.62. The van der Waals surface area contributed by atoms with Gasteiger partial charge in [0.05, 0.1) is 0 Å². The molecule has 1 unspecified atom stereocenters. The van der Waals surface area contributed by atoms with Crippen LogP contribution in [0.4, 0.5) is 0 Å². The smallest absolute Gasteiger partial charge is 0.161 e. The molecule has 0 fully saturated rings. The van der Waals surface area contributed by atoms with Crippen molar-refractivity contribution in [1.29, 1.82) is 0 Å². The zero-order chi connectivity index (χ0) is 13.8. The SMILES string of the molecule is CC(C)C(CN)N(C)Cc1ccc2c(c1)OCCO2. The summed E-state index contributed by atoms with van der Waals surface area (Å²) in [5.74, 6) is 2.25. The maximum atomic E-state index is 5.85. The quantitative estimate of drug-likeness (QED) is 0.882. The van der Waals surface area contributed by atoms with Crippen LogP contribution in [0, 0.1) is 5.92 Å². The average molecular weight is 264 g/mol. The first-order chi connectivity index (χ1) is 9.11. The molecule has 0 saturated heterocycles. The van der Waals surface area contributed by atoms with Crippen LogP contribution in [0.5, 0.6) is 11.5 Å². The highest BCUT2D eigenvalue weighted by molar-refractivity contribution is 5.43. The van der Waals surface area contributed by atoms with Crippen LogP contribution >= 0.6 is 0 Å². The first-order valence-corrected chi connectivity index (χ1v) is 6.90. The fraction of sp³-hybridized carbons (Fsp3) is 0.600. The lowest BCUT2D eigenvalue weighted by Gasteiger charge is -2.30. The number of nitrogens with two attached hydrogens (primary N) is 1. The van der Waals surface area contributed by atoms with Gasteiger partial charge in [0.15, 0.2) is 11.5 Å². The Morgan fingerprint density at radius 1 is 1.21 bits per heavy atom. The molecular weight excluding hydrogens is 240 g/mol. The Morgan fingerprint density at radius 3 is 2.53 bits per heavy atom. The van der Waals surface area contributed by atoms with Crippen LogP contribution in [0.1, 0.15) is 19.4 Å². The summed E-state index contributed by atoms with van der Waals surface area (Å²) in [6, 6.07) is 6.55. The van der Waals surface area contributed by atoms with Crippen molar-refractivity contribution >= 4 is 0 Å². The molecular formula is C15H24N2O2. The second-order valence-electron chi connectivity index (χ2n) is 5.44. The number of benzene rings is 1. The number of fused-ring (bicyclic) bond motifs is 1. The predicted octanol–water partition coefficient (Wildman–Crippen LogP) is 1.87. The molecule has 1 atom stereocenters. The van der Waals surface area contributed by atoms with E-state index in [0.717, 1.165) is 18.0 Å². The molecule has 1 aliphatic rings. The maximum Gasteiger partial charge on any atom is 0.161 e. The fourth-order valence-corrected chi connectivity index (χ4v) is 2.55. The van der Waals surface area contributed by atoms with Gasteiger partial charge in [-0.3, -0.25) is 4.90 Å². The van der Waals surface area contributed by atoms with Crippen LogP contribution in [0.25, 0.3) is 0 Å². The molecule has 1 aliphatic heterocycles. The lowest BCUT2D eigenvalue weighted by molar-refractivity contribution is 0.169. The van der Waals surface area contributed by atoms with Crippen LogP contribution in [0.2, 0.25) is 0 Å². The number of likely N-dealkylation sites (N-methyl/N-ethyl adjacent to an activating group) is 1. The number of rotatable bonds is 5. The molecule has 1 aromatic carbocycles. The number of hydrogen-bond donors (Lipinski definition) is 1. The van der Waals surface area contributed by atoms with E-state index in [2.05, 4.69) is 37.9 Å². The van der Waals surface area contributed by atoms with Crippen LogP contribution in [0.3, 0.4) is 0 Å². The molecule has 0 aromatic heterocycles. The normalized spacial score (nSPS) is 15.9. The van der Waals surface area contributed by atoms with Crippen molar-refractivity contribution in [2.24, 2.45) is 11.7 Å².